The van der Waals surface area contributed by atoms with Gasteiger partial charge in [-0.2, -0.15) is 0 Å². The molecule has 0 aromatic rings. The van der Waals surface area contributed by atoms with Gasteiger partial charge in [-0.25, -0.2) is 0 Å². The minimum atomic E-state index is 0.537. The average Bonchev–Trinajstić information content (AvgIpc) is 2.50. The molecule has 1 heterocycles. The van der Waals surface area contributed by atoms with Gasteiger partial charge in [-0.3, -0.25) is 4.90 Å². The third-order valence-electron chi connectivity index (χ3n) is 4.12. The number of ether oxygens (including phenoxy) is 3. The Balaban J connectivity index is 2.03. The highest BCUT2D eigenvalue weighted by molar-refractivity contribution is 4.81. The Labute approximate surface area is 123 Å². The molecule has 5 heteroatoms. The van der Waals surface area contributed by atoms with E-state index in [1.807, 2.05) is 0 Å². The zero-order valence-electron chi connectivity index (χ0n) is 13.2. The van der Waals surface area contributed by atoms with Crippen LogP contribution >= 0.6 is 0 Å². The summed E-state index contributed by atoms with van der Waals surface area (Å²) in [6.45, 7) is 8.52. The lowest BCUT2D eigenvalue weighted by molar-refractivity contribution is 0.0114. The summed E-state index contributed by atoms with van der Waals surface area (Å²) >= 11 is 0. The summed E-state index contributed by atoms with van der Waals surface area (Å²) in [5, 5.41) is 0. The van der Waals surface area contributed by atoms with Crippen molar-refractivity contribution in [1.29, 1.82) is 0 Å². The van der Waals surface area contributed by atoms with Crippen LogP contribution < -0.4 is 5.73 Å². The third-order valence-corrected chi connectivity index (χ3v) is 4.12. The number of methoxy groups -OCH3 is 1. The summed E-state index contributed by atoms with van der Waals surface area (Å²) in [5.74, 6) is 0.856. The van der Waals surface area contributed by atoms with Crippen molar-refractivity contribution in [2.24, 2.45) is 11.7 Å². The van der Waals surface area contributed by atoms with Crippen molar-refractivity contribution in [3.63, 3.8) is 0 Å². The summed E-state index contributed by atoms with van der Waals surface area (Å²) in [5.41, 5.74) is 5.89. The molecule has 0 aliphatic carbocycles. The number of rotatable bonds is 11. The molecule has 1 fully saturated rings. The Morgan fingerprint density at radius 2 is 1.80 bits per heavy atom. The first-order valence-electron chi connectivity index (χ1n) is 7.90. The van der Waals surface area contributed by atoms with Gasteiger partial charge in [0, 0.05) is 26.2 Å². The van der Waals surface area contributed by atoms with E-state index in [0.717, 1.165) is 32.2 Å². The van der Waals surface area contributed by atoms with Gasteiger partial charge in [-0.15, -0.1) is 0 Å². The van der Waals surface area contributed by atoms with Crippen molar-refractivity contribution in [2.75, 3.05) is 59.8 Å². The lowest BCUT2D eigenvalue weighted by Crippen LogP contribution is -2.47. The maximum atomic E-state index is 5.89. The van der Waals surface area contributed by atoms with Gasteiger partial charge in [-0.05, 0) is 25.3 Å². The molecule has 0 bridgehead atoms. The van der Waals surface area contributed by atoms with Crippen molar-refractivity contribution in [1.82, 2.24) is 4.90 Å². The highest BCUT2D eigenvalue weighted by Gasteiger charge is 2.25. The number of piperidine rings is 1. The quantitative estimate of drug-likeness (QED) is 0.577. The standard InChI is InChI=1S/C15H32N2O3/c1-3-14-4-5-17(15(12-14)13-16)6-7-19-10-11-20-9-8-18-2/h14-15H,3-13,16H2,1-2H3. The van der Waals surface area contributed by atoms with E-state index in [1.165, 1.54) is 19.3 Å². The van der Waals surface area contributed by atoms with Gasteiger partial charge in [0.05, 0.1) is 33.0 Å². The van der Waals surface area contributed by atoms with E-state index in [2.05, 4.69) is 11.8 Å². The molecular weight excluding hydrogens is 256 g/mol. The fraction of sp³-hybridized carbons (Fsp3) is 1.00. The van der Waals surface area contributed by atoms with E-state index in [9.17, 15) is 0 Å². The van der Waals surface area contributed by atoms with E-state index < -0.39 is 0 Å². The predicted octanol–water partition coefficient (Wildman–Crippen LogP) is 1.12. The van der Waals surface area contributed by atoms with Gasteiger partial charge < -0.3 is 19.9 Å². The highest BCUT2D eigenvalue weighted by atomic mass is 16.5. The number of hydrogen-bond donors (Lipinski definition) is 1. The molecule has 1 aliphatic heterocycles. The maximum Gasteiger partial charge on any atom is 0.0701 e. The zero-order valence-corrected chi connectivity index (χ0v) is 13.2. The van der Waals surface area contributed by atoms with E-state index in [4.69, 9.17) is 19.9 Å². The Bertz CT molecular complexity index is 229. The van der Waals surface area contributed by atoms with Crippen LogP contribution in [-0.4, -0.2) is 70.7 Å². The first-order chi connectivity index (χ1) is 9.81. The van der Waals surface area contributed by atoms with Crippen LogP contribution in [0.4, 0.5) is 0 Å². The van der Waals surface area contributed by atoms with Crippen LogP contribution in [0.25, 0.3) is 0 Å². The van der Waals surface area contributed by atoms with Crippen LogP contribution in [0.5, 0.6) is 0 Å². The van der Waals surface area contributed by atoms with Crippen molar-refractivity contribution in [2.45, 2.75) is 32.2 Å². The van der Waals surface area contributed by atoms with Crippen LogP contribution in [0, 0.1) is 5.92 Å². The van der Waals surface area contributed by atoms with E-state index in [1.54, 1.807) is 7.11 Å². The molecule has 0 amide bonds. The van der Waals surface area contributed by atoms with Gasteiger partial charge in [-0.1, -0.05) is 13.3 Å². The monoisotopic (exact) mass is 288 g/mol. The van der Waals surface area contributed by atoms with Crippen LogP contribution in [-0.2, 0) is 14.2 Å². The molecule has 2 N–H and O–H groups in total. The molecule has 0 radical (unpaired) electrons. The second-order valence-corrected chi connectivity index (χ2v) is 5.44. The zero-order chi connectivity index (χ0) is 14.6. The second-order valence-electron chi connectivity index (χ2n) is 5.44. The van der Waals surface area contributed by atoms with Crippen LogP contribution in [0.1, 0.15) is 26.2 Å². The average molecular weight is 288 g/mol. The lowest BCUT2D eigenvalue weighted by atomic mass is 9.89. The lowest BCUT2D eigenvalue weighted by Gasteiger charge is -2.38. The molecule has 20 heavy (non-hydrogen) atoms. The third kappa shape index (κ3) is 6.99. The number of nitrogens with zero attached hydrogens (tertiary/aromatic N) is 1. The van der Waals surface area contributed by atoms with Crippen LogP contribution in [0.15, 0.2) is 0 Å². The van der Waals surface area contributed by atoms with Crippen molar-refractivity contribution in [3.8, 4) is 0 Å². The van der Waals surface area contributed by atoms with Crippen molar-refractivity contribution in [3.05, 3.63) is 0 Å². The highest BCUT2D eigenvalue weighted by Crippen LogP contribution is 2.24. The fourth-order valence-corrected chi connectivity index (χ4v) is 2.74. The Morgan fingerprint density at radius 3 is 2.45 bits per heavy atom. The molecule has 0 aromatic heterocycles. The minimum absolute atomic E-state index is 0.537. The molecule has 0 spiro atoms. The molecule has 2 unspecified atom stereocenters. The van der Waals surface area contributed by atoms with Crippen LogP contribution in [0.3, 0.4) is 0 Å². The van der Waals surface area contributed by atoms with Gasteiger partial charge in [0.1, 0.15) is 0 Å². The minimum Gasteiger partial charge on any atom is -0.382 e. The van der Waals surface area contributed by atoms with E-state index >= 15 is 0 Å². The van der Waals surface area contributed by atoms with Gasteiger partial charge >= 0.3 is 0 Å². The molecule has 2 atom stereocenters. The topological polar surface area (TPSA) is 57.0 Å². The van der Waals surface area contributed by atoms with Gasteiger partial charge in [0.15, 0.2) is 0 Å². The number of nitrogens with two attached hydrogens (primary N) is 1. The molecule has 0 aromatic carbocycles. The number of hydrogen-bond acceptors (Lipinski definition) is 5. The first kappa shape index (κ1) is 17.9. The van der Waals surface area contributed by atoms with Gasteiger partial charge in [0.25, 0.3) is 0 Å². The molecular formula is C15H32N2O3. The molecule has 120 valence electrons. The Hall–Kier alpha value is -0.200. The van der Waals surface area contributed by atoms with Crippen molar-refractivity contribution >= 4 is 0 Å². The molecule has 1 aliphatic rings. The van der Waals surface area contributed by atoms with Crippen LogP contribution in [0.2, 0.25) is 0 Å². The summed E-state index contributed by atoms with van der Waals surface area (Å²) in [6.07, 6.45) is 3.82. The maximum absolute atomic E-state index is 5.89. The molecule has 1 rings (SSSR count). The smallest absolute Gasteiger partial charge is 0.0701 e. The SMILES string of the molecule is CCC1CCN(CCOCCOCCOC)C(CN)C1. The molecule has 5 nitrogen and oxygen atoms in total. The Kier molecular flexibility index (Phi) is 10.2. The second kappa shape index (κ2) is 11.5. The molecule has 0 saturated carbocycles. The largest absolute Gasteiger partial charge is 0.382 e. The van der Waals surface area contributed by atoms with Gasteiger partial charge in [0.2, 0.25) is 0 Å². The predicted molar refractivity (Wildman–Crippen MR) is 80.9 cm³/mol. The molecule has 1 saturated heterocycles. The number of likely N-dealkylation sites (tertiary alicyclic amines) is 1. The summed E-state index contributed by atoms with van der Waals surface area (Å²) in [6, 6.07) is 0.537. The normalized spacial score (nSPS) is 24.1. The van der Waals surface area contributed by atoms with Crippen molar-refractivity contribution < 1.29 is 14.2 Å². The Morgan fingerprint density at radius 1 is 1.10 bits per heavy atom. The first-order valence-corrected chi connectivity index (χ1v) is 7.90. The summed E-state index contributed by atoms with van der Waals surface area (Å²) in [4.78, 5) is 2.48. The van der Waals surface area contributed by atoms with E-state index in [0.29, 0.717) is 32.5 Å². The van der Waals surface area contributed by atoms with E-state index in [-0.39, 0.29) is 0 Å². The fourth-order valence-electron chi connectivity index (χ4n) is 2.74. The summed E-state index contributed by atoms with van der Waals surface area (Å²) < 4.78 is 15.9. The summed E-state index contributed by atoms with van der Waals surface area (Å²) in [7, 11) is 1.68.